The van der Waals surface area contributed by atoms with Gasteiger partial charge >= 0.3 is 0 Å². The second kappa shape index (κ2) is 6.06. The third-order valence-corrected chi connectivity index (χ3v) is 4.15. The summed E-state index contributed by atoms with van der Waals surface area (Å²) in [6.07, 6.45) is 2.74. The van der Waals surface area contributed by atoms with E-state index in [1.165, 1.54) is 11.3 Å². The largest absolute Gasteiger partial charge is 0.378 e. The van der Waals surface area contributed by atoms with E-state index in [0.717, 1.165) is 31.7 Å². The number of aryl methyl sites for hydroxylation is 2. The molecule has 0 saturated heterocycles. The minimum absolute atomic E-state index is 0.368. The molecular formula is C15H27N3O. The number of hydrogen-bond donors (Lipinski definition) is 1. The Morgan fingerprint density at radius 1 is 1.37 bits per heavy atom. The van der Waals surface area contributed by atoms with Gasteiger partial charge in [-0.05, 0) is 47.5 Å². The Kier molecular flexibility index (Phi) is 4.63. The average Bonchev–Trinajstić information content (AvgIpc) is 2.61. The van der Waals surface area contributed by atoms with Crippen LogP contribution >= 0.6 is 0 Å². The van der Waals surface area contributed by atoms with E-state index >= 15 is 0 Å². The molecule has 19 heavy (non-hydrogen) atoms. The summed E-state index contributed by atoms with van der Waals surface area (Å²) in [6.45, 7) is 12.5. The first-order valence-corrected chi connectivity index (χ1v) is 7.48. The van der Waals surface area contributed by atoms with E-state index in [4.69, 9.17) is 4.74 Å². The van der Waals surface area contributed by atoms with Crippen LogP contribution in [0.1, 0.15) is 56.6 Å². The molecule has 4 nitrogen and oxygen atoms in total. The molecule has 1 aromatic heterocycles. The highest BCUT2D eigenvalue weighted by molar-refractivity contribution is 5.28. The number of hydrogen-bond acceptors (Lipinski definition) is 3. The van der Waals surface area contributed by atoms with Crippen molar-refractivity contribution in [1.82, 2.24) is 15.1 Å². The van der Waals surface area contributed by atoms with Crippen LogP contribution in [0, 0.1) is 13.8 Å². The minimum atomic E-state index is 0.368. The van der Waals surface area contributed by atoms with Crippen LogP contribution in [0.3, 0.4) is 0 Å². The summed E-state index contributed by atoms with van der Waals surface area (Å²) < 4.78 is 7.70. The Labute approximate surface area is 116 Å². The maximum atomic E-state index is 5.61. The fraction of sp³-hybridized carbons (Fsp3) is 0.800. The average molecular weight is 265 g/mol. The zero-order chi connectivity index (χ0) is 14.0. The molecule has 1 aromatic rings. The van der Waals surface area contributed by atoms with Crippen LogP contribution in [0.25, 0.3) is 0 Å². The molecule has 108 valence electrons. The SMILES string of the molecule is CCOC1CC(NC(C)c2c(C)nn(CC)c2C)C1. The molecule has 0 bridgehead atoms. The van der Waals surface area contributed by atoms with Crippen LogP contribution < -0.4 is 5.32 Å². The molecule has 1 heterocycles. The molecule has 1 aliphatic carbocycles. The molecule has 1 atom stereocenters. The Morgan fingerprint density at radius 3 is 2.58 bits per heavy atom. The summed E-state index contributed by atoms with van der Waals surface area (Å²) in [7, 11) is 0. The maximum absolute atomic E-state index is 5.61. The van der Waals surface area contributed by atoms with Gasteiger partial charge in [0, 0.05) is 36.5 Å². The Balaban J connectivity index is 1.94. The number of rotatable bonds is 6. The van der Waals surface area contributed by atoms with Crippen LogP contribution in [-0.4, -0.2) is 28.5 Å². The fourth-order valence-corrected chi connectivity index (χ4v) is 3.16. The quantitative estimate of drug-likeness (QED) is 0.859. The van der Waals surface area contributed by atoms with Gasteiger partial charge in [-0.3, -0.25) is 4.68 Å². The molecular weight excluding hydrogens is 238 g/mol. The smallest absolute Gasteiger partial charge is 0.0644 e. The van der Waals surface area contributed by atoms with Crippen molar-refractivity contribution in [1.29, 1.82) is 0 Å². The summed E-state index contributed by atoms with van der Waals surface area (Å²) in [5, 5.41) is 8.30. The number of ether oxygens (including phenoxy) is 1. The molecule has 1 aliphatic rings. The zero-order valence-electron chi connectivity index (χ0n) is 12.9. The predicted octanol–water partition coefficient (Wildman–Crippen LogP) is 2.74. The van der Waals surface area contributed by atoms with Gasteiger partial charge in [-0.25, -0.2) is 0 Å². The lowest BCUT2D eigenvalue weighted by Crippen LogP contribution is -2.46. The van der Waals surface area contributed by atoms with E-state index in [1.807, 2.05) is 0 Å². The van der Waals surface area contributed by atoms with Crippen molar-refractivity contribution in [3.05, 3.63) is 17.0 Å². The highest BCUT2D eigenvalue weighted by Crippen LogP contribution is 2.28. The van der Waals surface area contributed by atoms with Crippen LogP contribution in [0.2, 0.25) is 0 Å². The van der Waals surface area contributed by atoms with Gasteiger partial charge < -0.3 is 10.1 Å². The Bertz CT molecular complexity index is 421. The molecule has 1 fully saturated rings. The van der Waals surface area contributed by atoms with E-state index < -0.39 is 0 Å². The summed E-state index contributed by atoms with van der Waals surface area (Å²) in [5.74, 6) is 0. The molecule has 0 aromatic carbocycles. The van der Waals surface area contributed by atoms with Crippen LogP contribution in [0.15, 0.2) is 0 Å². The number of nitrogens with zero attached hydrogens (tertiary/aromatic N) is 2. The van der Waals surface area contributed by atoms with Gasteiger partial charge in [0.05, 0.1) is 11.8 Å². The van der Waals surface area contributed by atoms with Gasteiger partial charge in [0.25, 0.3) is 0 Å². The second-order valence-corrected chi connectivity index (χ2v) is 5.53. The lowest BCUT2D eigenvalue weighted by molar-refractivity contribution is -0.0120. The lowest BCUT2D eigenvalue weighted by atomic mass is 9.88. The van der Waals surface area contributed by atoms with E-state index in [-0.39, 0.29) is 0 Å². The van der Waals surface area contributed by atoms with Crippen LogP contribution in [0.4, 0.5) is 0 Å². The van der Waals surface area contributed by atoms with Gasteiger partial charge in [0.2, 0.25) is 0 Å². The monoisotopic (exact) mass is 265 g/mol. The van der Waals surface area contributed by atoms with Crippen molar-refractivity contribution in [2.24, 2.45) is 0 Å². The number of nitrogens with one attached hydrogen (secondary N) is 1. The normalized spacial score (nSPS) is 24.3. The molecule has 0 amide bonds. The maximum Gasteiger partial charge on any atom is 0.0644 e. The molecule has 2 rings (SSSR count). The molecule has 1 unspecified atom stereocenters. The molecule has 4 heteroatoms. The Morgan fingerprint density at radius 2 is 2.05 bits per heavy atom. The topological polar surface area (TPSA) is 39.1 Å². The van der Waals surface area contributed by atoms with Crippen molar-refractivity contribution in [3.8, 4) is 0 Å². The van der Waals surface area contributed by atoms with Crippen molar-refractivity contribution in [2.75, 3.05) is 6.61 Å². The van der Waals surface area contributed by atoms with Crippen molar-refractivity contribution < 1.29 is 4.74 Å². The first-order valence-electron chi connectivity index (χ1n) is 7.48. The van der Waals surface area contributed by atoms with E-state index in [9.17, 15) is 0 Å². The van der Waals surface area contributed by atoms with Crippen LogP contribution in [-0.2, 0) is 11.3 Å². The van der Waals surface area contributed by atoms with E-state index in [0.29, 0.717) is 18.2 Å². The highest BCUT2D eigenvalue weighted by Gasteiger charge is 2.31. The molecule has 0 radical (unpaired) electrons. The third-order valence-electron chi connectivity index (χ3n) is 4.15. The second-order valence-electron chi connectivity index (χ2n) is 5.53. The minimum Gasteiger partial charge on any atom is -0.378 e. The standard InChI is InChI=1S/C15H27N3O/c1-6-18-12(5)15(11(4)17-18)10(3)16-13-8-14(9-13)19-7-2/h10,13-14,16H,6-9H2,1-5H3. The summed E-state index contributed by atoms with van der Waals surface area (Å²) in [4.78, 5) is 0. The lowest BCUT2D eigenvalue weighted by Gasteiger charge is -2.37. The summed E-state index contributed by atoms with van der Waals surface area (Å²) >= 11 is 0. The third kappa shape index (κ3) is 3.00. The highest BCUT2D eigenvalue weighted by atomic mass is 16.5. The summed E-state index contributed by atoms with van der Waals surface area (Å²) in [6, 6.07) is 0.961. The summed E-state index contributed by atoms with van der Waals surface area (Å²) in [5.41, 5.74) is 3.81. The van der Waals surface area contributed by atoms with Gasteiger partial charge in [0.1, 0.15) is 0 Å². The first kappa shape index (κ1) is 14.5. The Hall–Kier alpha value is -0.870. The first-order chi connectivity index (χ1) is 9.06. The van der Waals surface area contributed by atoms with E-state index in [1.54, 1.807) is 0 Å². The zero-order valence-corrected chi connectivity index (χ0v) is 12.9. The van der Waals surface area contributed by atoms with E-state index in [2.05, 4.69) is 49.7 Å². The molecule has 1 saturated carbocycles. The van der Waals surface area contributed by atoms with Crippen LogP contribution in [0.5, 0.6) is 0 Å². The molecule has 0 aliphatic heterocycles. The fourth-order valence-electron chi connectivity index (χ4n) is 3.16. The van der Waals surface area contributed by atoms with Crippen molar-refractivity contribution in [2.45, 2.75) is 72.2 Å². The van der Waals surface area contributed by atoms with Gasteiger partial charge in [-0.1, -0.05) is 0 Å². The van der Waals surface area contributed by atoms with Crippen molar-refractivity contribution in [3.63, 3.8) is 0 Å². The molecule has 1 N–H and O–H groups in total. The van der Waals surface area contributed by atoms with Gasteiger partial charge in [-0.15, -0.1) is 0 Å². The predicted molar refractivity (Wildman–Crippen MR) is 77.4 cm³/mol. The number of aromatic nitrogens is 2. The molecule has 0 spiro atoms. The van der Waals surface area contributed by atoms with Crippen molar-refractivity contribution >= 4 is 0 Å². The van der Waals surface area contributed by atoms with Gasteiger partial charge in [0.15, 0.2) is 0 Å². The van der Waals surface area contributed by atoms with Gasteiger partial charge in [-0.2, -0.15) is 5.10 Å².